The zero-order chi connectivity index (χ0) is 20.6. The van der Waals surface area contributed by atoms with Gasteiger partial charge in [-0.1, -0.05) is 84.9 Å². The van der Waals surface area contributed by atoms with Gasteiger partial charge in [-0.3, -0.25) is 4.79 Å². The highest BCUT2D eigenvalue weighted by molar-refractivity contribution is 5.86. The minimum Gasteiger partial charge on any atom is -0.465 e. The Morgan fingerprint density at radius 2 is 1.47 bits per heavy atom. The Labute approximate surface area is 176 Å². The number of fused-ring (bicyclic) bond motifs is 8. The van der Waals surface area contributed by atoms with E-state index in [-0.39, 0.29) is 12.0 Å². The average Bonchev–Trinajstić information content (AvgIpc) is 3.23. The average molecular weight is 397 g/mol. The second-order valence-electron chi connectivity index (χ2n) is 8.38. The monoisotopic (exact) mass is 397 g/mol. The minimum absolute atomic E-state index is 0.184. The smallest absolute Gasteiger partial charge is 0.325 e. The number of benzene rings is 3. The molecule has 4 nitrogen and oxygen atoms in total. The number of ether oxygens (including phenoxy) is 2. The normalized spacial score (nSPS) is 34.9. The maximum absolute atomic E-state index is 13.1. The molecule has 150 valence electrons. The molecule has 0 aromatic heterocycles. The Morgan fingerprint density at radius 3 is 2.10 bits per heavy atom. The molecule has 5 atom stereocenters. The van der Waals surface area contributed by atoms with E-state index in [1.54, 1.807) is 0 Å². The number of nitrogens with zero attached hydrogens (tertiary/aromatic N) is 1. The highest BCUT2D eigenvalue weighted by Gasteiger charge is 2.90. The Bertz CT molecular complexity index is 1150. The Morgan fingerprint density at radius 1 is 0.900 bits per heavy atom. The van der Waals surface area contributed by atoms with Gasteiger partial charge in [0, 0.05) is 11.1 Å². The Balaban J connectivity index is 1.68. The van der Waals surface area contributed by atoms with Crippen LogP contribution in [0.1, 0.15) is 36.1 Å². The first-order valence-corrected chi connectivity index (χ1v) is 10.5. The molecule has 1 unspecified atom stereocenters. The predicted octanol–water partition coefficient (Wildman–Crippen LogP) is 4.18. The van der Waals surface area contributed by atoms with Crippen LogP contribution < -0.4 is 0 Å². The molecule has 3 heterocycles. The van der Waals surface area contributed by atoms with Crippen molar-refractivity contribution in [3.63, 3.8) is 0 Å². The molecule has 0 N–H and O–H groups in total. The molecule has 3 aromatic carbocycles. The van der Waals surface area contributed by atoms with Crippen LogP contribution in [0.15, 0.2) is 84.9 Å². The van der Waals surface area contributed by atoms with Gasteiger partial charge in [0.05, 0.1) is 12.1 Å². The summed E-state index contributed by atoms with van der Waals surface area (Å²) in [7, 11) is 0. The minimum atomic E-state index is -0.820. The van der Waals surface area contributed by atoms with Gasteiger partial charge < -0.3 is 9.47 Å². The highest BCUT2D eigenvalue weighted by Crippen LogP contribution is 2.76. The van der Waals surface area contributed by atoms with Crippen LogP contribution in [0, 0.1) is 0 Å². The molecule has 0 aliphatic carbocycles. The lowest BCUT2D eigenvalue weighted by Crippen LogP contribution is -2.44. The lowest BCUT2D eigenvalue weighted by atomic mass is 9.72. The number of rotatable bonds is 4. The first kappa shape index (κ1) is 17.9. The van der Waals surface area contributed by atoms with Crippen LogP contribution in [0.3, 0.4) is 0 Å². The fraction of sp³-hybridized carbons (Fsp3) is 0.269. The summed E-state index contributed by atoms with van der Waals surface area (Å²) in [5.74, 6) is -0.184. The zero-order valence-electron chi connectivity index (χ0n) is 17.0. The summed E-state index contributed by atoms with van der Waals surface area (Å²) in [4.78, 5) is 15.3. The lowest BCUT2D eigenvalue weighted by Gasteiger charge is -2.34. The van der Waals surface area contributed by atoms with Gasteiger partial charge in [-0.15, -0.1) is 0 Å². The molecule has 0 radical (unpaired) electrons. The summed E-state index contributed by atoms with van der Waals surface area (Å²) in [6.07, 6.45) is 0. The van der Waals surface area contributed by atoms with E-state index in [1.807, 2.05) is 49.4 Å². The third kappa shape index (κ3) is 1.79. The maximum atomic E-state index is 13.1. The molecular weight excluding hydrogens is 374 g/mol. The van der Waals surface area contributed by atoms with Gasteiger partial charge >= 0.3 is 5.97 Å². The first-order valence-electron chi connectivity index (χ1n) is 10.5. The summed E-state index contributed by atoms with van der Waals surface area (Å²) in [5.41, 5.74) is 2.22. The highest BCUT2D eigenvalue weighted by atomic mass is 16.6. The van der Waals surface area contributed by atoms with Crippen molar-refractivity contribution in [2.45, 2.75) is 36.8 Å². The number of carbonyl (C=O) groups is 1. The number of hydrogen-bond acceptors (Lipinski definition) is 4. The van der Waals surface area contributed by atoms with Crippen molar-refractivity contribution in [2.24, 2.45) is 0 Å². The molecule has 3 aliphatic heterocycles. The van der Waals surface area contributed by atoms with E-state index < -0.39 is 16.9 Å². The summed E-state index contributed by atoms with van der Waals surface area (Å²) in [6, 6.07) is 28.5. The van der Waals surface area contributed by atoms with Crippen LogP contribution in [0.5, 0.6) is 0 Å². The van der Waals surface area contributed by atoms with Crippen molar-refractivity contribution < 1.29 is 14.3 Å². The SMILES string of the molecule is CCOC(=O)[C@H]1N2[C@]3(c4ccccc4)O[C@@](c4ccccc4)(c4ccccc43)[C@]12C. The van der Waals surface area contributed by atoms with E-state index in [0.29, 0.717) is 6.61 Å². The first-order chi connectivity index (χ1) is 14.6. The Kier molecular flexibility index (Phi) is 3.46. The molecule has 30 heavy (non-hydrogen) atoms. The van der Waals surface area contributed by atoms with Crippen molar-refractivity contribution in [3.8, 4) is 0 Å². The topological polar surface area (TPSA) is 38.5 Å². The van der Waals surface area contributed by atoms with Gasteiger partial charge in [-0.05, 0) is 25.0 Å². The van der Waals surface area contributed by atoms with Crippen molar-refractivity contribution in [1.29, 1.82) is 0 Å². The third-order valence-corrected chi connectivity index (χ3v) is 7.10. The van der Waals surface area contributed by atoms with Crippen LogP contribution in [-0.2, 0) is 25.6 Å². The van der Waals surface area contributed by atoms with Crippen molar-refractivity contribution >= 4 is 5.97 Å². The zero-order valence-corrected chi connectivity index (χ0v) is 17.0. The van der Waals surface area contributed by atoms with Gasteiger partial charge in [0.1, 0.15) is 11.6 Å². The molecule has 0 saturated carbocycles. The van der Waals surface area contributed by atoms with E-state index >= 15 is 0 Å². The van der Waals surface area contributed by atoms with Gasteiger partial charge in [-0.25, -0.2) is 4.90 Å². The molecule has 2 bridgehead atoms. The number of hydrogen-bond donors (Lipinski definition) is 0. The van der Waals surface area contributed by atoms with Crippen LogP contribution in [0.25, 0.3) is 0 Å². The molecule has 4 heteroatoms. The molecular formula is C26H23NO3. The molecule has 2 fully saturated rings. The standard InChI is InChI=1S/C26H23NO3/c1-3-29-23(28)22-24(2)25(18-12-6-4-7-13-18)20-16-10-11-17-21(20)26(30-25,27(22)24)19-14-8-5-9-15-19/h4-17,22H,3H2,1-2H3/t22-,24+,25+,26-,27?/m1/s1. The second kappa shape index (κ2) is 5.81. The molecule has 3 aliphatic rings. The number of carbonyl (C=O) groups excluding carboxylic acids is 1. The maximum Gasteiger partial charge on any atom is 0.325 e. The molecule has 0 amide bonds. The quantitative estimate of drug-likeness (QED) is 0.489. The van der Waals surface area contributed by atoms with E-state index in [2.05, 4.69) is 54.3 Å². The lowest BCUT2D eigenvalue weighted by molar-refractivity contribution is -0.152. The van der Waals surface area contributed by atoms with Crippen LogP contribution in [0.4, 0.5) is 0 Å². The van der Waals surface area contributed by atoms with E-state index in [4.69, 9.17) is 9.47 Å². The van der Waals surface area contributed by atoms with Gasteiger partial charge in [0.15, 0.2) is 5.72 Å². The summed E-state index contributed by atoms with van der Waals surface area (Å²) in [6.45, 7) is 4.36. The van der Waals surface area contributed by atoms with E-state index in [0.717, 1.165) is 22.3 Å². The summed E-state index contributed by atoms with van der Waals surface area (Å²) >= 11 is 0. The van der Waals surface area contributed by atoms with Crippen LogP contribution in [-0.4, -0.2) is 29.1 Å². The Hall–Kier alpha value is -2.95. The molecule has 6 rings (SSSR count). The van der Waals surface area contributed by atoms with Crippen LogP contribution >= 0.6 is 0 Å². The largest absolute Gasteiger partial charge is 0.465 e. The summed E-state index contributed by atoms with van der Waals surface area (Å²) < 4.78 is 12.6. The van der Waals surface area contributed by atoms with Gasteiger partial charge in [0.2, 0.25) is 0 Å². The van der Waals surface area contributed by atoms with Crippen molar-refractivity contribution in [1.82, 2.24) is 4.90 Å². The second-order valence-corrected chi connectivity index (χ2v) is 8.38. The van der Waals surface area contributed by atoms with Crippen molar-refractivity contribution in [3.05, 3.63) is 107 Å². The molecule has 3 aromatic rings. The van der Waals surface area contributed by atoms with E-state index in [9.17, 15) is 4.79 Å². The molecule has 0 spiro atoms. The fourth-order valence-electron chi connectivity index (χ4n) is 5.99. The number of esters is 1. The van der Waals surface area contributed by atoms with E-state index in [1.165, 1.54) is 0 Å². The van der Waals surface area contributed by atoms with Gasteiger partial charge in [-0.2, -0.15) is 0 Å². The fourth-order valence-corrected chi connectivity index (χ4v) is 5.99. The third-order valence-electron chi connectivity index (χ3n) is 7.10. The van der Waals surface area contributed by atoms with Crippen LogP contribution in [0.2, 0.25) is 0 Å². The summed E-state index contributed by atoms with van der Waals surface area (Å²) in [5, 5.41) is 0. The predicted molar refractivity (Wildman–Crippen MR) is 113 cm³/mol. The van der Waals surface area contributed by atoms with Gasteiger partial charge in [0.25, 0.3) is 0 Å². The molecule has 2 saturated heterocycles. The van der Waals surface area contributed by atoms with Crippen molar-refractivity contribution in [2.75, 3.05) is 6.61 Å².